The van der Waals surface area contributed by atoms with Crippen molar-refractivity contribution in [2.75, 3.05) is 17.6 Å². The van der Waals surface area contributed by atoms with Gasteiger partial charge >= 0.3 is 0 Å². The van der Waals surface area contributed by atoms with Gasteiger partial charge in [0, 0.05) is 16.9 Å². The molecule has 1 unspecified atom stereocenters. The van der Waals surface area contributed by atoms with Gasteiger partial charge in [0.2, 0.25) is 0 Å². The van der Waals surface area contributed by atoms with Crippen LogP contribution in [0.2, 0.25) is 0 Å². The normalized spacial score (nSPS) is 16.9. The van der Waals surface area contributed by atoms with Crippen LogP contribution in [0.15, 0.2) is 29.2 Å². The standard InChI is InChI=1S/C18H23N3OS2/c1-4-23-14-7-5-6-13(10-14)17(22)20-18-19-15-8-9-21(12(2)3)11-16(15)24-18/h5-7,10,12H,4,8-9,11H2,1-3H3,(H,19,20,22)/p+1. The van der Waals surface area contributed by atoms with Crippen LogP contribution >= 0.6 is 23.1 Å². The van der Waals surface area contributed by atoms with Gasteiger partial charge in [-0.2, -0.15) is 0 Å². The lowest BCUT2D eigenvalue weighted by Crippen LogP contribution is -3.14. The minimum absolute atomic E-state index is 0.0762. The van der Waals surface area contributed by atoms with Gasteiger partial charge in [-0.3, -0.25) is 10.1 Å². The van der Waals surface area contributed by atoms with Crippen molar-refractivity contribution in [2.45, 2.75) is 44.7 Å². The lowest BCUT2D eigenvalue weighted by atomic mass is 10.1. The van der Waals surface area contributed by atoms with Gasteiger partial charge in [-0.25, -0.2) is 4.98 Å². The van der Waals surface area contributed by atoms with Crippen molar-refractivity contribution in [3.63, 3.8) is 0 Å². The Labute approximate surface area is 151 Å². The van der Waals surface area contributed by atoms with Crippen molar-refractivity contribution >= 4 is 34.1 Å². The third kappa shape index (κ3) is 3.99. The van der Waals surface area contributed by atoms with Gasteiger partial charge in [-0.1, -0.05) is 24.3 Å². The third-order valence-corrected chi connectivity index (χ3v) is 6.18. The summed E-state index contributed by atoms with van der Waals surface area (Å²) in [6, 6.07) is 8.39. The summed E-state index contributed by atoms with van der Waals surface area (Å²) in [5, 5.41) is 3.70. The van der Waals surface area contributed by atoms with E-state index in [2.05, 4.69) is 31.1 Å². The second kappa shape index (κ2) is 7.68. The number of thiazole rings is 1. The number of benzene rings is 1. The molecule has 1 amide bonds. The molecule has 0 aliphatic carbocycles. The monoisotopic (exact) mass is 362 g/mol. The summed E-state index contributed by atoms with van der Waals surface area (Å²) in [5.74, 6) is 0.923. The van der Waals surface area contributed by atoms with Gasteiger partial charge in [0.25, 0.3) is 5.91 Å². The Morgan fingerprint density at radius 3 is 3.04 bits per heavy atom. The fourth-order valence-electron chi connectivity index (χ4n) is 2.90. The van der Waals surface area contributed by atoms with Crippen molar-refractivity contribution < 1.29 is 9.69 Å². The highest BCUT2D eigenvalue weighted by Gasteiger charge is 2.25. The summed E-state index contributed by atoms with van der Waals surface area (Å²) in [7, 11) is 0. The minimum atomic E-state index is -0.0762. The number of quaternary nitrogens is 1. The molecule has 3 rings (SSSR count). The van der Waals surface area contributed by atoms with Crippen LogP contribution < -0.4 is 10.2 Å². The Kier molecular flexibility index (Phi) is 5.58. The highest BCUT2D eigenvalue weighted by molar-refractivity contribution is 7.99. The molecule has 0 fully saturated rings. The number of carbonyl (C=O) groups excluding carboxylic acids is 1. The summed E-state index contributed by atoms with van der Waals surface area (Å²) in [6.45, 7) is 8.76. The first-order valence-electron chi connectivity index (χ1n) is 8.44. The van der Waals surface area contributed by atoms with Gasteiger partial charge in [-0.15, -0.1) is 11.8 Å². The summed E-state index contributed by atoms with van der Waals surface area (Å²) in [5.41, 5.74) is 1.85. The lowest BCUT2D eigenvalue weighted by Gasteiger charge is -2.26. The molecule has 1 aliphatic rings. The molecule has 2 aromatic rings. The number of rotatable bonds is 5. The fourth-order valence-corrected chi connectivity index (χ4v) is 4.67. The molecule has 0 saturated carbocycles. The van der Waals surface area contributed by atoms with Crippen LogP contribution in [0.25, 0.3) is 0 Å². The molecule has 0 bridgehead atoms. The molecular formula is C18H24N3OS2+. The van der Waals surface area contributed by atoms with Crippen LogP contribution in [0.4, 0.5) is 5.13 Å². The molecule has 2 N–H and O–H groups in total. The molecule has 128 valence electrons. The molecule has 1 aromatic carbocycles. The number of carbonyl (C=O) groups is 1. The van der Waals surface area contributed by atoms with Crippen LogP contribution in [-0.4, -0.2) is 29.2 Å². The molecule has 1 aliphatic heterocycles. The van der Waals surface area contributed by atoms with Gasteiger partial charge in [0.15, 0.2) is 5.13 Å². The molecule has 0 spiro atoms. The van der Waals surface area contributed by atoms with E-state index in [1.54, 1.807) is 28.0 Å². The third-order valence-electron chi connectivity index (χ3n) is 4.29. The lowest BCUT2D eigenvalue weighted by molar-refractivity contribution is -0.936. The zero-order chi connectivity index (χ0) is 17.1. The van der Waals surface area contributed by atoms with Gasteiger partial charge in [0.1, 0.15) is 6.54 Å². The number of thioether (sulfide) groups is 1. The largest absolute Gasteiger partial charge is 0.328 e. The summed E-state index contributed by atoms with van der Waals surface area (Å²) < 4.78 is 0. The Bertz CT molecular complexity index is 727. The maximum atomic E-state index is 12.5. The van der Waals surface area contributed by atoms with Crippen molar-refractivity contribution in [2.24, 2.45) is 0 Å². The molecule has 4 nitrogen and oxygen atoms in total. The van der Waals surface area contributed by atoms with E-state index in [9.17, 15) is 4.79 Å². The van der Waals surface area contributed by atoms with Crippen molar-refractivity contribution in [3.8, 4) is 0 Å². The highest BCUT2D eigenvalue weighted by atomic mass is 32.2. The first-order chi connectivity index (χ1) is 11.6. The summed E-state index contributed by atoms with van der Waals surface area (Å²) in [4.78, 5) is 21.2. The van der Waals surface area contributed by atoms with E-state index in [4.69, 9.17) is 0 Å². The van der Waals surface area contributed by atoms with Crippen LogP contribution in [0.5, 0.6) is 0 Å². The summed E-state index contributed by atoms with van der Waals surface area (Å²) in [6.07, 6.45) is 0.998. The Hall–Kier alpha value is -1.37. The number of fused-ring (bicyclic) bond motifs is 1. The predicted octanol–water partition coefficient (Wildman–Crippen LogP) is 2.86. The second-order valence-electron chi connectivity index (χ2n) is 6.29. The first kappa shape index (κ1) is 17.5. The van der Waals surface area contributed by atoms with Crippen molar-refractivity contribution in [1.82, 2.24) is 4.98 Å². The van der Waals surface area contributed by atoms with Crippen LogP contribution in [0, 0.1) is 0 Å². The average molecular weight is 363 g/mol. The highest BCUT2D eigenvalue weighted by Crippen LogP contribution is 2.25. The van der Waals surface area contributed by atoms with Crippen LogP contribution in [-0.2, 0) is 13.0 Å². The van der Waals surface area contributed by atoms with E-state index in [0.717, 1.165) is 41.0 Å². The van der Waals surface area contributed by atoms with Crippen LogP contribution in [0.3, 0.4) is 0 Å². The second-order valence-corrected chi connectivity index (χ2v) is 8.71. The van der Waals surface area contributed by atoms with E-state index in [1.807, 2.05) is 24.3 Å². The first-order valence-corrected chi connectivity index (χ1v) is 10.2. The maximum Gasteiger partial charge on any atom is 0.257 e. The number of hydrogen-bond donors (Lipinski definition) is 2. The fraction of sp³-hybridized carbons (Fsp3) is 0.444. The van der Waals surface area contributed by atoms with Crippen molar-refractivity contribution in [3.05, 3.63) is 40.4 Å². The molecule has 2 heterocycles. The van der Waals surface area contributed by atoms with Crippen LogP contribution in [0.1, 0.15) is 41.7 Å². The molecule has 0 saturated heterocycles. The SMILES string of the molecule is CCSc1cccc(C(=O)Nc2nc3c(s2)C[NH+](C(C)C)CC3)c1. The smallest absolute Gasteiger partial charge is 0.257 e. The molecular weight excluding hydrogens is 338 g/mol. The Balaban J connectivity index is 1.71. The maximum absolute atomic E-state index is 12.5. The number of anilines is 1. The number of nitrogens with zero attached hydrogens (tertiary/aromatic N) is 1. The molecule has 1 aromatic heterocycles. The van der Waals surface area contributed by atoms with E-state index >= 15 is 0 Å². The topological polar surface area (TPSA) is 46.4 Å². The summed E-state index contributed by atoms with van der Waals surface area (Å²) >= 11 is 3.37. The van der Waals surface area contributed by atoms with Gasteiger partial charge in [-0.05, 0) is 37.8 Å². The van der Waals surface area contributed by atoms with E-state index < -0.39 is 0 Å². The zero-order valence-electron chi connectivity index (χ0n) is 14.4. The van der Waals surface area contributed by atoms with Gasteiger partial charge < -0.3 is 4.90 Å². The molecule has 1 atom stereocenters. The molecule has 24 heavy (non-hydrogen) atoms. The number of nitrogens with one attached hydrogen (secondary N) is 2. The van der Waals surface area contributed by atoms with Gasteiger partial charge in [0.05, 0.1) is 23.2 Å². The number of aromatic nitrogens is 1. The quantitative estimate of drug-likeness (QED) is 0.804. The Morgan fingerprint density at radius 1 is 1.46 bits per heavy atom. The van der Waals surface area contributed by atoms with E-state index in [-0.39, 0.29) is 5.91 Å². The average Bonchev–Trinajstić information content (AvgIpc) is 2.96. The van der Waals surface area contributed by atoms with E-state index in [0.29, 0.717) is 11.6 Å². The molecule has 6 heteroatoms. The molecule has 0 radical (unpaired) electrons. The van der Waals surface area contributed by atoms with Crippen molar-refractivity contribution in [1.29, 1.82) is 0 Å². The predicted molar refractivity (Wildman–Crippen MR) is 101 cm³/mol. The number of hydrogen-bond acceptors (Lipinski definition) is 4. The zero-order valence-corrected chi connectivity index (χ0v) is 16.0. The van der Waals surface area contributed by atoms with E-state index in [1.165, 1.54) is 4.88 Å². The minimum Gasteiger partial charge on any atom is -0.328 e. The Morgan fingerprint density at radius 2 is 2.29 bits per heavy atom. The number of amides is 1.